The van der Waals surface area contributed by atoms with Crippen LogP contribution < -0.4 is 4.90 Å². The Labute approximate surface area is 286 Å². The van der Waals surface area contributed by atoms with Crippen LogP contribution in [0.25, 0.3) is 16.8 Å². The van der Waals surface area contributed by atoms with E-state index in [9.17, 15) is 18.3 Å². The largest absolute Gasteiger partial charge is 0.420 e. The highest BCUT2D eigenvalue weighted by molar-refractivity contribution is 9.10. The Morgan fingerprint density at radius 2 is 1.55 bits per heavy atom. The van der Waals surface area contributed by atoms with Crippen LogP contribution in [0.4, 0.5) is 19.0 Å². The number of hydrogen-bond acceptors (Lipinski definition) is 7. The Kier molecular flexibility index (Phi) is 11.3. The zero-order valence-corrected chi connectivity index (χ0v) is 32.0. The molecule has 5 rings (SSSR count). The van der Waals surface area contributed by atoms with Crippen molar-refractivity contribution in [2.75, 3.05) is 31.6 Å². The summed E-state index contributed by atoms with van der Waals surface area (Å²) in [5.74, 6) is 2.44. The normalized spacial score (nSPS) is 21.0. The van der Waals surface area contributed by atoms with Gasteiger partial charge in [0.05, 0.1) is 22.1 Å². The summed E-state index contributed by atoms with van der Waals surface area (Å²) in [6, 6.07) is 4.83. The highest BCUT2D eigenvalue weighted by atomic mass is 79.9. The van der Waals surface area contributed by atoms with Crippen LogP contribution in [0.1, 0.15) is 55.5 Å². The summed E-state index contributed by atoms with van der Waals surface area (Å²) in [4.78, 5) is 11.3. The second kappa shape index (κ2) is 14.6. The van der Waals surface area contributed by atoms with Gasteiger partial charge in [0.2, 0.25) is 0 Å². The average Bonchev–Trinajstić information content (AvgIpc) is 3.56. The second-order valence-corrected chi connectivity index (χ2v) is 27.8. The van der Waals surface area contributed by atoms with Crippen molar-refractivity contribution >= 4 is 43.5 Å². The highest BCUT2D eigenvalue weighted by Gasteiger charge is 2.40. The van der Waals surface area contributed by atoms with Crippen molar-refractivity contribution in [2.24, 2.45) is 11.8 Å². The van der Waals surface area contributed by atoms with Crippen LogP contribution in [-0.4, -0.2) is 73.7 Å². The van der Waals surface area contributed by atoms with E-state index in [0.29, 0.717) is 55.3 Å². The lowest BCUT2D eigenvalue weighted by molar-refractivity contribution is -0.207. The Balaban J connectivity index is 1.55. The molecule has 14 heteroatoms. The van der Waals surface area contributed by atoms with Gasteiger partial charge in [-0.25, -0.2) is 4.98 Å². The van der Waals surface area contributed by atoms with E-state index in [1.807, 2.05) is 0 Å². The van der Waals surface area contributed by atoms with Gasteiger partial charge < -0.3 is 19.5 Å². The van der Waals surface area contributed by atoms with Crippen LogP contribution in [0.2, 0.25) is 51.4 Å². The summed E-state index contributed by atoms with van der Waals surface area (Å²) in [6.07, 6.45) is 1.54. The van der Waals surface area contributed by atoms with Crippen molar-refractivity contribution in [1.82, 2.24) is 19.6 Å². The molecule has 3 aromatic heterocycles. The van der Waals surface area contributed by atoms with Gasteiger partial charge in [-0.2, -0.15) is 22.8 Å². The van der Waals surface area contributed by atoms with E-state index in [1.54, 1.807) is 10.7 Å². The summed E-state index contributed by atoms with van der Waals surface area (Å²) in [7, 11) is -2.60. The Morgan fingerprint density at radius 1 is 0.957 bits per heavy atom. The third-order valence-electron chi connectivity index (χ3n) is 9.34. The van der Waals surface area contributed by atoms with Crippen molar-refractivity contribution in [2.45, 2.75) is 102 Å². The van der Waals surface area contributed by atoms with E-state index in [-0.39, 0.29) is 5.92 Å². The first-order valence-corrected chi connectivity index (χ1v) is 24.9. The van der Waals surface area contributed by atoms with E-state index in [2.05, 4.69) is 65.1 Å². The van der Waals surface area contributed by atoms with Gasteiger partial charge in [0.25, 0.3) is 0 Å². The van der Waals surface area contributed by atoms with Crippen LogP contribution in [0.5, 0.6) is 0 Å². The number of aliphatic hydroxyl groups is 1. The lowest BCUT2D eigenvalue weighted by Gasteiger charge is -2.31. The SMILES string of the molecule is C[Si](C)(C)CCOCN(COCC[Si](C)(C)C)c1c(Br)c(C2C[C@H]3CC[C@@H](C2)C3)nc2c(-c3ccc(C(O)C(F)(F)F)nc3)cnn12. The second-order valence-electron chi connectivity index (χ2n) is 15.8. The number of aliphatic hydroxyl groups excluding tert-OH is 1. The van der Waals surface area contributed by atoms with E-state index in [4.69, 9.17) is 19.6 Å². The molecule has 2 unspecified atom stereocenters. The predicted molar refractivity (Wildman–Crippen MR) is 188 cm³/mol. The van der Waals surface area contributed by atoms with Crippen LogP contribution in [0.15, 0.2) is 29.0 Å². The summed E-state index contributed by atoms with van der Waals surface area (Å²) in [5, 5.41) is 14.5. The zero-order valence-electron chi connectivity index (χ0n) is 28.4. The highest BCUT2D eigenvalue weighted by Crippen LogP contribution is 2.50. The minimum atomic E-state index is -4.80. The fourth-order valence-corrected chi connectivity index (χ4v) is 8.96. The van der Waals surface area contributed by atoms with Gasteiger partial charge in [-0.3, -0.25) is 4.98 Å². The molecule has 47 heavy (non-hydrogen) atoms. The van der Waals surface area contributed by atoms with E-state index in [0.717, 1.165) is 40.9 Å². The molecule has 3 heterocycles. The average molecular weight is 757 g/mol. The monoisotopic (exact) mass is 755 g/mol. The molecule has 2 fully saturated rings. The molecule has 4 atom stereocenters. The van der Waals surface area contributed by atoms with Gasteiger partial charge in [0.1, 0.15) is 13.5 Å². The molecule has 1 N–H and O–H groups in total. The van der Waals surface area contributed by atoms with E-state index < -0.39 is 34.1 Å². The number of alkyl halides is 3. The van der Waals surface area contributed by atoms with Gasteiger partial charge in [0.15, 0.2) is 17.6 Å². The predicted octanol–water partition coefficient (Wildman–Crippen LogP) is 8.87. The fourth-order valence-electron chi connectivity index (χ4n) is 6.61. The number of fused-ring (bicyclic) bond motifs is 3. The molecule has 0 aromatic carbocycles. The Morgan fingerprint density at radius 3 is 2.06 bits per heavy atom. The van der Waals surface area contributed by atoms with Crippen molar-refractivity contribution in [3.05, 3.63) is 40.4 Å². The quantitative estimate of drug-likeness (QED) is 0.100. The van der Waals surface area contributed by atoms with Crippen LogP contribution in [-0.2, 0) is 9.47 Å². The molecule has 0 saturated heterocycles. The molecule has 3 aromatic rings. The maximum atomic E-state index is 13.2. The minimum absolute atomic E-state index is 0.270. The number of pyridine rings is 1. The lowest BCUT2D eigenvalue weighted by atomic mass is 9.79. The molecular formula is C33H49BrF3N5O3Si2. The van der Waals surface area contributed by atoms with E-state index in [1.165, 1.54) is 37.6 Å². The number of halogens is 4. The maximum Gasteiger partial charge on any atom is 0.420 e. The van der Waals surface area contributed by atoms with Crippen molar-refractivity contribution < 1.29 is 27.8 Å². The molecule has 0 amide bonds. The lowest BCUT2D eigenvalue weighted by Crippen LogP contribution is -2.34. The van der Waals surface area contributed by atoms with Gasteiger partial charge in [-0.05, 0) is 65.2 Å². The van der Waals surface area contributed by atoms with Crippen molar-refractivity contribution in [3.63, 3.8) is 0 Å². The molecule has 0 spiro atoms. The number of ether oxygens (including phenoxy) is 2. The first kappa shape index (κ1) is 36.4. The van der Waals surface area contributed by atoms with Crippen LogP contribution >= 0.6 is 15.9 Å². The molecule has 2 aliphatic rings. The number of aromatic nitrogens is 4. The standard InChI is InChI=1S/C33H49BrF3N5O3Si2/c1-46(2,3)13-11-44-20-41(21-45-12-14-47(4,5)6)32-28(34)29(25-16-22-7-8-23(15-22)17-25)40-31-26(19-39-42(31)32)24-9-10-27(38-18-24)30(43)33(35,36)37/h9-10,18-19,22-23,25,30,43H,7-8,11-17,20-21H2,1-6H3/t22-,23+,25?,30?. The van der Waals surface area contributed by atoms with Gasteiger partial charge in [0, 0.05) is 52.6 Å². The zero-order chi connectivity index (χ0) is 34.1. The first-order chi connectivity index (χ1) is 22.0. The van der Waals surface area contributed by atoms with Crippen LogP contribution in [0.3, 0.4) is 0 Å². The molecule has 8 nitrogen and oxygen atoms in total. The molecule has 260 valence electrons. The third-order valence-corrected chi connectivity index (χ3v) is 13.5. The number of rotatable bonds is 14. The van der Waals surface area contributed by atoms with Gasteiger partial charge in [-0.15, -0.1) is 0 Å². The Bertz CT molecular complexity index is 1480. The minimum Gasteiger partial charge on any atom is -0.378 e. The van der Waals surface area contributed by atoms with E-state index >= 15 is 0 Å². The molecule has 0 radical (unpaired) electrons. The summed E-state index contributed by atoms with van der Waals surface area (Å²) in [6.45, 7) is 15.9. The molecule has 2 saturated carbocycles. The van der Waals surface area contributed by atoms with Crippen molar-refractivity contribution in [3.8, 4) is 11.1 Å². The summed E-state index contributed by atoms with van der Waals surface area (Å²) >= 11 is 3.98. The summed E-state index contributed by atoms with van der Waals surface area (Å²) in [5.41, 5.74) is 2.33. The number of hydrogen-bond donors (Lipinski definition) is 1. The molecule has 2 bridgehead atoms. The first-order valence-electron chi connectivity index (χ1n) is 16.7. The van der Waals surface area contributed by atoms with Crippen LogP contribution in [0, 0.1) is 11.8 Å². The third kappa shape index (κ3) is 9.24. The summed E-state index contributed by atoms with van der Waals surface area (Å²) < 4.78 is 54.7. The fraction of sp³-hybridized carbons (Fsp3) is 0.667. The van der Waals surface area contributed by atoms with Gasteiger partial charge >= 0.3 is 6.18 Å². The van der Waals surface area contributed by atoms with Crippen molar-refractivity contribution in [1.29, 1.82) is 0 Å². The Hall–Kier alpha value is -1.85. The topological polar surface area (TPSA) is 85.0 Å². The maximum absolute atomic E-state index is 13.2. The smallest absolute Gasteiger partial charge is 0.378 e. The number of nitrogens with zero attached hydrogens (tertiary/aromatic N) is 5. The molecular weight excluding hydrogens is 707 g/mol. The molecule has 2 aliphatic carbocycles. The van der Waals surface area contributed by atoms with Gasteiger partial charge in [-0.1, -0.05) is 58.2 Å². The number of anilines is 1. The molecule has 0 aliphatic heterocycles.